The summed E-state index contributed by atoms with van der Waals surface area (Å²) in [7, 11) is 3.32. The van der Waals surface area contributed by atoms with Crippen molar-refractivity contribution >= 4 is 0 Å². The van der Waals surface area contributed by atoms with Gasteiger partial charge in [0.05, 0.1) is 14.2 Å². The molecule has 0 spiro atoms. The Hall–Kier alpha value is -1.22. The minimum Gasteiger partial charge on any atom is -0.493 e. The molecule has 0 bridgehead atoms. The SMILES string of the molecule is COc1cc2c(cc1OC)C(C(C)N)C2. The van der Waals surface area contributed by atoms with E-state index in [1.807, 2.05) is 19.1 Å². The fraction of sp³-hybridized carbons (Fsp3) is 0.500. The fourth-order valence-electron chi connectivity index (χ4n) is 2.14. The third-order valence-electron chi connectivity index (χ3n) is 3.12. The number of hydrogen-bond acceptors (Lipinski definition) is 3. The predicted molar refractivity (Wildman–Crippen MR) is 59.6 cm³/mol. The van der Waals surface area contributed by atoms with Crippen LogP contribution in [0.25, 0.3) is 0 Å². The van der Waals surface area contributed by atoms with Crippen molar-refractivity contribution in [1.82, 2.24) is 0 Å². The summed E-state index contributed by atoms with van der Waals surface area (Å²) in [6, 6.07) is 4.30. The van der Waals surface area contributed by atoms with Gasteiger partial charge >= 0.3 is 0 Å². The van der Waals surface area contributed by atoms with Crippen LogP contribution in [0.15, 0.2) is 12.1 Å². The van der Waals surface area contributed by atoms with Gasteiger partial charge in [0, 0.05) is 12.0 Å². The first-order valence-corrected chi connectivity index (χ1v) is 5.17. The maximum absolute atomic E-state index is 5.90. The Morgan fingerprint density at radius 1 is 1.27 bits per heavy atom. The Bertz CT molecular complexity index is 374. The van der Waals surface area contributed by atoms with Gasteiger partial charge < -0.3 is 15.2 Å². The summed E-state index contributed by atoms with van der Waals surface area (Å²) in [5.41, 5.74) is 8.54. The average molecular weight is 207 g/mol. The smallest absolute Gasteiger partial charge is 0.161 e. The van der Waals surface area contributed by atoms with Crippen LogP contribution in [0.3, 0.4) is 0 Å². The number of methoxy groups -OCH3 is 2. The van der Waals surface area contributed by atoms with Crippen LogP contribution in [0.5, 0.6) is 11.5 Å². The number of benzene rings is 1. The normalized spacial score (nSPS) is 20.1. The molecular formula is C12H17NO2. The van der Waals surface area contributed by atoms with Gasteiger partial charge in [-0.05, 0) is 36.6 Å². The van der Waals surface area contributed by atoms with Gasteiger partial charge in [0.1, 0.15) is 0 Å². The Labute approximate surface area is 90.2 Å². The Kier molecular flexibility index (Phi) is 2.57. The van der Waals surface area contributed by atoms with Crippen molar-refractivity contribution in [2.75, 3.05) is 14.2 Å². The molecule has 3 nitrogen and oxygen atoms in total. The van der Waals surface area contributed by atoms with Gasteiger partial charge in [0.25, 0.3) is 0 Å². The second kappa shape index (κ2) is 3.74. The van der Waals surface area contributed by atoms with Gasteiger partial charge in [-0.2, -0.15) is 0 Å². The minimum atomic E-state index is 0.204. The molecule has 0 saturated heterocycles. The molecule has 1 aliphatic carbocycles. The van der Waals surface area contributed by atoms with E-state index in [1.165, 1.54) is 11.1 Å². The van der Waals surface area contributed by atoms with Gasteiger partial charge in [-0.1, -0.05) is 0 Å². The number of fused-ring (bicyclic) bond motifs is 1. The van der Waals surface area contributed by atoms with E-state index < -0.39 is 0 Å². The van der Waals surface area contributed by atoms with E-state index in [9.17, 15) is 0 Å². The largest absolute Gasteiger partial charge is 0.493 e. The molecule has 0 aromatic heterocycles. The molecule has 2 rings (SSSR count). The molecule has 0 heterocycles. The first-order valence-electron chi connectivity index (χ1n) is 5.17. The number of nitrogens with two attached hydrogens (primary N) is 1. The molecule has 0 saturated carbocycles. The monoisotopic (exact) mass is 207 g/mol. The molecule has 0 aliphatic heterocycles. The molecule has 1 aromatic rings. The molecule has 1 aliphatic rings. The number of hydrogen-bond donors (Lipinski definition) is 1. The van der Waals surface area contributed by atoms with Crippen LogP contribution in [-0.2, 0) is 6.42 Å². The molecule has 15 heavy (non-hydrogen) atoms. The summed E-state index contributed by atoms with van der Waals surface area (Å²) < 4.78 is 10.5. The summed E-state index contributed by atoms with van der Waals surface area (Å²) in [6.07, 6.45) is 1.05. The first kappa shape index (κ1) is 10.3. The highest BCUT2D eigenvalue weighted by Gasteiger charge is 2.30. The van der Waals surface area contributed by atoms with E-state index in [4.69, 9.17) is 15.2 Å². The third-order valence-corrected chi connectivity index (χ3v) is 3.12. The molecule has 3 heteroatoms. The predicted octanol–water partition coefficient (Wildman–Crippen LogP) is 1.69. The lowest BCUT2D eigenvalue weighted by Crippen LogP contribution is -2.33. The van der Waals surface area contributed by atoms with Crippen molar-refractivity contribution in [1.29, 1.82) is 0 Å². The Morgan fingerprint density at radius 3 is 2.40 bits per heavy atom. The van der Waals surface area contributed by atoms with Crippen LogP contribution in [0.4, 0.5) is 0 Å². The molecule has 82 valence electrons. The quantitative estimate of drug-likeness (QED) is 0.820. The summed E-state index contributed by atoms with van der Waals surface area (Å²) in [4.78, 5) is 0. The van der Waals surface area contributed by atoms with E-state index in [0.717, 1.165) is 17.9 Å². The van der Waals surface area contributed by atoms with Crippen molar-refractivity contribution in [3.05, 3.63) is 23.3 Å². The molecule has 0 radical (unpaired) electrons. The van der Waals surface area contributed by atoms with E-state index in [2.05, 4.69) is 0 Å². The number of rotatable bonds is 3. The second-order valence-electron chi connectivity index (χ2n) is 4.08. The van der Waals surface area contributed by atoms with E-state index >= 15 is 0 Å². The van der Waals surface area contributed by atoms with Gasteiger partial charge in [-0.3, -0.25) is 0 Å². The van der Waals surface area contributed by atoms with Gasteiger partial charge in [-0.15, -0.1) is 0 Å². The van der Waals surface area contributed by atoms with Crippen LogP contribution in [0, 0.1) is 0 Å². The molecule has 2 atom stereocenters. The van der Waals surface area contributed by atoms with Crippen molar-refractivity contribution in [2.45, 2.75) is 25.3 Å². The average Bonchev–Trinajstić information content (AvgIpc) is 2.19. The van der Waals surface area contributed by atoms with E-state index in [1.54, 1.807) is 14.2 Å². The zero-order valence-electron chi connectivity index (χ0n) is 9.41. The van der Waals surface area contributed by atoms with Crippen LogP contribution < -0.4 is 15.2 Å². The zero-order valence-corrected chi connectivity index (χ0v) is 9.41. The van der Waals surface area contributed by atoms with Crippen molar-refractivity contribution in [3.8, 4) is 11.5 Å². The minimum absolute atomic E-state index is 0.204. The molecule has 2 N–H and O–H groups in total. The fourth-order valence-corrected chi connectivity index (χ4v) is 2.14. The summed E-state index contributed by atoms with van der Waals surface area (Å²) in [5, 5.41) is 0. The Balaban J connectivity index is 2.36. The third kappa shape index (κ3) is 1.57. The van der Waals surface area contributed by atoms with Crippen molar-refractivity contribution < 1.29 is 9.47 Å². The topological polar surface area (TPSA) is 44.5 Å². The summed E-state index contributed by atoms with van der Waals surface area (Å²) >= 11 is 0. The van der Waals surface area contributed by atoms with Crippen LogP contribution in [-0.4, -0.2) is 20.3 Å². The van der Waals surface area contributed by atoms with E-state index in [0.29, 0.717) is 5.92 Å². The number of ether oxygens (including phenoxy) is 2. The molecule has 0 amide bonds. The standard InChI is InChI=1S/C12H17NO2/c1-7(13)9-4-8-5-11(14-2)12(15-3)6-10(8)9/h5-7,9H,4,13H2,1-3H3. The highest BCUT2D eigenvalue weighted by Crippen LogP contribution is 2.43. The highest BCUT2D eigenvalue weighted by atomic mass is 16.5. The van der Waals surface area contributed by atoms with Crippen LogP contribution >= 0.6 is 0 Å². The van der Waals surface area contributed by atoms with Crippen LogP contribution in [0.2, 0.25) is 0 Å². The molecule has 1 aromatic carbocycles. The second-order valence-corrected chi connectivity index (χ2v) is 4.08. The lowest BCUT2D eigenvalue weighted by atomic mass is 9.74. The Morgan fingerprint density at radius 2 is 1.87 bits per heavy atom. The molecule has 2 unspecified atom stereocenters. The highest BCUT2D eigenvalue weighted by molar-refractivity contribution is 5.53. The van der Waals surface area contributed by atoms with Gasteiger partial charge in [0.2, 0.25) is 0 Å². The zero-order chi connectivity index (χ0) is 11.0. The molecule has 0 fully saturated rings. The van der Waals surface area contributed by atoms with E-state index in [-0.39, 0.29) is 6.04 Å². The lowest BCUT2D eigenvalue weighted by molar-refractivity contribution is 0.351. The maximum Gasteiger partial charge on any atom is 0.161 e. The van der Waals surface area contributed by atoms with Crippen molar-refractivity contribution in [2.24, 2.45) is 5.73 Å². The maximum atomic E-state index is 5.90. The summed E-state index contributed by atoms with van der Waals surface area (Å²) in [6.45, 7) is 2.05. The first-order chi connectivity index (χ1) is 7.17. The van der Waals surface area contributed by atoms with Crippen molar-refractivity contribution in [3.63, 3.8) is 0 Å². The summed E-state index contributed by atoms with van der Waals surface area (Å²) in [5.74, 6) is 2.07. The van der Waals surface area contributed by atoms with Gasteiger partial charge in [-0.25, -0.2) is 0 Å². The molecular weight excluding hydrogens is 190 g/mol. The van der Waals surface area contributed by atoms with Gasteiger partial charge in [0.15, 0.2) is 11.5 Å². The lowest BCUT2D eigenvalue weighted by Gasteiger charge is -2.33. The van der Waals surface area contributed by atoms with Crippen LogP contribution in [0.1, 0.15) is 24.0 Å².